The van der Waals surface area contributed by atoms with E-state index in [-0.39, 0.29) is 0 Å². The second kappa shape index (κ2) is 11.5. The Morgan fingerprint density at radius 1 is 0.375 bits per heavy atom. The minimum absolute atomic E-state index is 1.23. The maximum absolute atomic E-state index is 10.7. The van der Waals surface area contributed by atoms with Gasteiger partial charge in [-0.2, -0.15) is 0 Å². The van der Waals surface area contributed by atoms with Crippen LogP contribution >= 0.6 is 15.6 Å². The Bertz CT molecular complexity index is 1730. The zero-order chi connectivity index (χ0) is 36.8. The second-order valence-corrected chi connectivity index (χ2v) is 15.7. The first-order chi connectivity index (χ1) is 21.2. The topological polar surface area (TPSA) is 0 Å². The van der Waals surface area contributed by atoms with E-state index in [0.717, 1.165) is 0 Å². The van der Waals surface area contributed by atoms with Crippen molar-refractivity contribution in [3.05, 3.63) is 141 Å². The van der Waals surface area contributed by atoms with Crippen molar-refractivity contribution < 1.29 is 50.4 Å². The molecule has 1 aromatic rings. The predicted molar refractivity (Wildman–Crippen MR) is 173 cm³/mol. The molecular formula is C34H32F12P2. The van der Waals surface area contributed by atoms with E-state index in [1.54, 1.807) is 0 Å². The molecule has 0 amide bonds. The molecule has 0 spiro atoms. The molecule has 1 aromatic carbocycles. The van der Waals surface area contributed by atoms with Gasteiger partial charge in [-0.25, -0.2) is 0 Å². The predicted octanol–water partition coefficient (Wildman–Crippen LogP) is 15.7. The molecule has 0 aliphatic heterocycles. The SMILES string of the molecule is Cc1cc(C)c2ccc([CH+]c3ccc([CH+]c4ccc5c(C)cc(C)cc(C)c4-5)cc3)c-2c(C)c1.F[P-](F)(F)(F)(F)F.F[P-](F)(F)(F)(F)F. The van der Waals surface area contributed by atoms with Crippen LogP contribution in [0.1, 0.15) is 55.6 Å². The Labute approximate surface area is 271 Å². The summed E-state index contributed by atoms with van der Waals surface area (Å²) in [5.41, 5.74) is 18.4. The first-order valence-electron chi connectivity index (χ1n) is 14.1. The second-order valence-electron chi connectivity index (χ2n) is 11.8. The fourth-order valence-electron chi connectivity index (χ4n) is 5.57. The number of rotatable bonds is 4. The zero-order valence-electron chi connectivity index (χ0n) is 26.5. The van der Waals surface area contributed by atoms with Gasteiger partial charge in [-0.3, -0.25) is 0 Å². The van der Waals surface area contributed by atoms with Crippen molar-refractivity contribution in [3.63, 3.8) is 0 Å². The third kappa shape index (κ3) is 13.9. The summed E-state index contributed by atoms with van der Waals surface area (Å²) in [5.74, 6) is 0. The summed E-state index contributed by atoms with van der Waals surface area (Å²) in [6, 6.07) is 27.1. The monoisotopic (exact) mass is 730 g/mol. The summed E-state index contributed by atoms with van der Waals surface area (Å²) in [6.45, 7) is 13.2. The first kappa shape index (κ1) is 38.8. The average Bonchev–Trinajstić information content (AvgIpc) is 3.40. The summed E-state index contributed by atoms with van der Waals surface area (Å²) in [5, 5.41) is 0. The fraction of sp³-hybridized carbons (Fsp3) is 0.176. The molecule has 0 heterocycles. The van der Waals surface area contributed by atoms with E-state index in [1.165, 1.54) is 77.9 Å². The molecule has 0 atom stereocenters. The van der Waals surface area contributed by atoms with E-state index >= 15 is 0 Å². The normalized spacial score (nSPS) is 14.7. The van der Waals surface area contributed by atoms with Crippen LogP contribution in [0.5, 0.6) is 0 Å². The summed E-state index contributed by atoms with van der Waals surface area (Å²) in [4.78, 5) is 0. The number of benzene rings is 1. The van der Waals surface area contributed by atoms with E-state index < -0.39 is 15.6 Å². The zero-order valence-corrected chi connectivity index (χ0v) is 28.3. The average molecular weight is 731 g/mol. The molecule has 0 saturated carbocycles. The molecule has 0 N–H and O–H groups in total. The Morgan fingerprint density at radius 3 is 0.896 bits per heavy atom. The van der Waals surface area contributed by atoms with Crippen LogP contribution in [-0.2, 0) is 0 Å². The number of hydrogen-bond acceptors (Lipinski definition) is 0. The van der Waals surface area contributed by atoms with Crippen LogP contribution < -0.4 is 0 Å². The van der Waals surface area contributed by atoms with E-state index in [2.05, 4.69) is 127 Å². The Hall–Kier alpha value is -3.62. The van der Waals surface area contributed by atoms with Crippen LogP contribution in [-0.4, -0.2) is 0 Å². The van der Waals surface area contributed by atoms with Gasteiger partial charge in [-0.1, -0.05) is 12.1 Å². The molecule has 0 aromatic heterocycles. The van der Waals surface area contributed by atoms with Gasteiger partial charge in [0.15, 0.2) is 0 Å². The van der Waals surface area contributed by atoms with Crippen molar-refractivity contribution in [1.82, 2.24) is 0 Å². The molecular weight excluding hydrogens is 698 g/mol. The summed E-state index contributed by atoms with van der Waals surface area (Å²) in [6.07, 6.45) is 4.62. The third-order valence-corrected chi connectivity index (χ3v) is 6.97. The van der Waals surface area contributed by atoms with Crippen LogP contribution in [0.3, 0.4) is 0 Å². The quantitative estimate of drug-likeness (QED) is 0.0981. The van der Waals surface area contributed by atoms with E-state index in [1.807, 2.05) is 0 Å². The molecule has 262 valence electrons. The Morgan fingerprint density at radius 2 is 0.625 bits per heavy atom. The summed E-state index contributed by atoms with van der Waals surface area (Å²) >= 11 is 0. The molecule has 0 saturated heterocycles. The maximum atomic E-state index is 9.87. The molecule has 0 fully saturated rings. The standard InChI is InChI=1S/C34H32.2F6P/c1-21-15-23(3)31-13-11-29(33(31)25(5)17-21)19-27-7-9-28(10-8-27)20-30-12-14-32-24(4)16-22(2)18-26(6)34(30)32;2*1-7(2,3,4,5)6/h7-20H,1-6H3;;/q+2;2*-1. The van der Waals surface area contributed by atoms with Crippen LogP contribution in [0.15, 0.2) is 72.8 Å². The van der Waals surface area contributed by atoms with Crippen molar-refractivity contribution >= 4 is 15.6 Å². The molecule has 4 aliphatic rings. The van der Waals surface area contributed by atoms with Gasteiger partial charge >= 0.3 is 66.0 Å². The van der Waals surface area contributed by atoms with E-state index in [0.29, 0.717) is 0 Å². The van der Waals surface area contributed by atoms with E-state index in [9.17, 15) is 50.4 Å². The Kier molecular flexibility index (Phi) is 9.29. The number of aryl methyl sites for hydroxylation is 6. The Balaban J connectivity index is 0.000000376. The van der Waals surface area contributed by atoms with Gasteiger partial charge < -0.3 is 0 Å². The summed E-state index contributed by atoms with van der Waals surface area (Å²) < 4.78 is 118. The molecule has 14 heteroatoms. The molecule has 48 heavy (non-hydrogen) atoms. The third-order valence-electron chi connectivity index (χ3n) is 6.97. The van der Waals surface area contributed by atoms with E-state index in [4.69, 9.17) is 0 Å². The summed E-state index contributed by atoms with van der Waals surface area (Å²) in [7, 11) is -21.3. The van der Waals surface area contributed by atoms with Crippen LogP contribution in [0, 0.1) is 54.4 Å². The molecule has 4 aliphatic carbocycles. The minimum atomic E-state index is -10.7. The van der Waals surface area contributed by atoms with Crippen molar-refractivity contribution in [2.45, 2.75) is 41.5 Å². The number of hydrogen-bond donors (Lipinski definition) is 0. The fourth-order valence-corrected chi connectivity index (χ4v) is 5.57. The van der Waals surface area contributed by atoms with Gasteiger partial charge in [-0.05, 0) is 99.2 Å². The van der Waals surface area contributed by atoms with Crippen LogP contribution in [0.2, 0.25) is 0 Å². The van der Waals surface area contributed by atoms with Crippen LogP contribution in [0.25, 0.3) is 22.3 Å². The van der Waals surface area contributed by atoms with Crippen molar-refractivity contribution in [1.29, 1.82) is 0 Å². The van der Waals surface area contributed by atoms with Crippen LogP contribution in [0.4, 0.5) is 50.4 Å². The van der Waals surface area contributed by atoms with Gasteiger partial charge in [0.1, 0.15) is 0 Å². The molecule has 5 rings (SSSR count). The van der Waals surface area contributed by atoms with Crippen molar-refractivity contribution in [2.75, 3.05) is 0 Å². The number of fused-ring (bicyclic) bond motifs is 2. The first-order valence-corrected chi connectivity index (χ1v) is 18.2. The molecule has 0 bridgehead atoms. The molecule has 0 unspecified atom stereocenters. The molecule has 0 radical (unpaired) electrons. The van der Waals surface area contributed by atoms with Gasteiger partial charge in [0, 0.05) is 60.4 Å². The molecule has 0 nitrogen and oxygen atoms in total. The van der Waals surface area contributed by atoms with Gasteiger partial charge in [-0.15, -0.1) is 0 Å². The van der Waals surface area contributed by atoms with Crippen molar-refractivity contribution in [2.24, 2.45) is 0 Å². The van der Waals surface area contributed by atoms with Gasteiger partial charge in [0.25, 0.3) is 0 Å². The number of halogens is 12. The van der Waals surface area contributed by atoms with Gasteiger partial charge in [0.2, 0.25) is 0 Å². The van der Waals surface area contributed by atoms with Crippen molar-refractivity contribution in [3.8, 4) is 22.3 Å². The van der Waals surface area contributed by atoms with Gasteiger partial charge in [0.05, 0.1) is 33.4 Å².